The van der Waals surface area contributed by atoms with Crippen molar-refractivity contribution in [2.24, 2.45) is 11.8 Å². The van der Waals surface area contributed by atoms with Crippen molar-refractivity contribution in [3.05, 3.63) is 108 Å². The first-order valence-electron chi connectivity index (χ1n) is 17.4. The predicted octanol–water partition coefficient (Wildman–Crippen LogP) is 10.5. The molecule has 264 valence electrons. The fourth-order valence-corrected chi connectivity index (χ4v) is 6.85. The predicted molar refractivity (Wildman–Crippen MR) is 191 cm³/mol. The first-order valence-corrected chi connectivity index (χ1v) is 17.4. The zero-order valence-corrected chi connectivity index (χ0v) is 29.1. The molecule has 2 fully saturated rings. The van der Waals surface area contributed by atoms with Gasteiger partial charge in [0, 0.05) is 24.0 Å². The number of carboxylic acids is 2. The van der Waals surface area contributed by atoms with Gasteiger partial charge in [-0.2, -0.15) is 0 Å². The molecule has 6 nitrogen and oxygen atoms in total. The Morgan fingerprint density at radius 2 is 0.940 bits per heavy atom. The van der Waals surface area contributed by atoms with Crippen LogP contribution in [0.2, 0.25) is 0 Å². The van der Waals surface area contributed by atoms with Crippen LogP contribution in [0.4, 0.5) is 8.78 Å². The summed E-state index contributed by atoms with van der Waals surface area (Å²) in [4.78, 5) is 21.5. The molecule has 2 aliphatic rings. The quantitative estimate of drug-likeness (QED) is 0.154. The van der Waals surface area contributed by atoms with Crippen molar-refractivity contribution in [3.63, 3.8) is 0 Å². The molecule has 4 aromatic rings. The van der Waals surface area contributed by atoms with Crippen LogP contribution >= 0.6 is 0 Å². The molecule has 2 aliphatic carbocycles. The highest BCUT2D eigenvalue weighted by atomic mass is 19.1. The highest BCUT2D eigenvalue weighted by Crippen LogP contribution is 2.45. The fourth-order valence-electron chi connectivity index (χ4n) is 6.85. The van der Waals surface area contributed by atoms with Gasteiger partial charge in [0.25, 0.3) is 0 Å². The summed E-state index contributed by atoms with van der Waals surface area (Å²) in [5, 5.41) is 17.7. The maximum atomic E-state index is 14.2. The summed E-state index contributed by atoms with van der Waals surface area (Å²) in [5.74, 6) is 0.724. The van der Waals surface area contributed by atoms with Crippen molar-refractivity contribution in [1.29, 1.82) is 0 Å². The number of hydrogen-bond acceptors (Lipinski definition) is 4. The molecule has 0 heterocycles. The van der Waals surface area contributed by atoms with Crippen molar-refractivity contribution in [2.75, 3.05) is 0 Å². The van der Waals surface area contributed by atoms with Crippen molar-refractivity contribution < 1.29 is 38.1 Å². The summed E-state index contributed by atoms with van der Waals surface area (Å²) in [5.41, 5.74) is 5.08. The number of aliphatic carboxylic acids is 2. The Balaban J connectivity index is 0.000000194. The van der Waals surface area contributed by atoms with E-state index >= 15 is 0 Å². The average molecular weight is 685 g/mol. The lowest BCUT2D eigenvalue weighted by Crippen LogP contribution is -2.24. The maximum absolute atomic E-state index is 14.2. The van der Waals surface area contributed by atoms with E-state index in [1.54, 1.807) is 24.3 Å². The third-order valence-electron chi connectivity index (χ3n) is 9.40. The van der Waals surface area contributed by atoms with Crippen LogP contribution in [0.15, 0.2) is 84.9 Å². The van der Waals surface area contributed by atoms with Crippen molar-refractivity contribution in [1.82, 2.24) is 0 Å². The normalized spacial score (nSPS) is 19.5. The Bertz CT molecular complexity index is 1620. The van der Waals surface area contributed by atoms with Gasteiger partial charge in [-0.1, -0.05) is 48.5 Å². The lowest BCUT2D eigenvalue weighted by Gasteiger charge is -2.34. The topological polar surface area (TPSA) is 93.1 Å². The second-order valence-corrected chi connectivity index (χ2v) is 14.1. The lowest BCUT2D eigenvalue weighted by atomic mass is 9.70. The summed E-state index contributed by atoms with van der Waals surface area (Å²) >= 11 is 0. The van der Waals surface area contributed by atoms with Crippen LogP contribution in [-0.4, -0.2) is 34.4 Å². The molecular formula is C42H46F2O6. The molecule has 2 N–H and O–H groups in total. The lowest BCUT2D eigenvalue weighted by molar-refractivity contribution is -0.139. The molecule has 6 rings (SSSR count). The molecule has 0 atom stereocenters. The Hall–Kier alpha value is -4.72. The Kier molecular flexibility index (Phi) is 11.9. The van der Waals surface area contributed by atoms with Gasteiger partial charge in [0.05, 0.1) is 12.2 Å². The van der Waals surface area contributed by atoms with Gasteiger partial charge in [0.15, 0.2) is 0 Å². The summed E-state index contributed by atoms with van der Waals surface area (Å²) in [6, 6.07) is 25.4. The molecule has 0 aliphatic heterocycles. The monoisotopic (exact) mass is 684 g/mol. The Morgan fingerprint density at radius 1 is 0.600 bits per heavy atom. The molecule has 4 aromatic carbocycles. The minimum Gasteiger partial charge on any atom is -0.491 e. The van der Waals surface area contributed by atoms with Gasteiger partial charge in [0.2, 0.25) is 0 Å². The molecule has 8 heteroatoms. The summed E-state index contributed by atoms with van der Waals surface area (Å²) in [6.45, 7) is 7.75. The number of ether oxygens (including phenoxy) is 2. The van der Waals surface area contributed by atoms with E-state index in [4.69, 9.17) is 19.7 Å². The van der Waals surface area contributed by atoms with Gasteiger partial charge in [-0.15, -0.1) is 0 Å². The van der Waals surface area contributed by atoms with E-state index < -0.39 is 11.9 Å². The minimum atomic E-state index is -0.724. The summed E-state index contributed by atoms with van der Waals surface area (Å²) in [7, 11) is 0. The van der Waals surface area contributed by atoms with Crippen LogP contribution in [-0.2, 0) is 9.59 Å². The van der Waals surface area contributed by atoms with Crippen LogP contribution in [0.25, 0.3) is 22.3 Å². The molecule has 0 radical (unpaired) electrons. The Morgan fingerprint density at radius 3 is 1.24 bits per heavy atom. The standard InChI is InChI=1S/2C21H23FO3/c2*1-13(2)25-18-7-8-20(22)19(12-18)16-5-3-15(4-6-16)17-9-14(10-17)11-21(23)24/h2*3-8,12-14,17H,9-11H2,1-2H3,(H,23,24). The van der Waals surface area contributed by atoms with Gasteiger partial charge >= 0.3 is 11.9 Å². The number of carboxylic acid groups (broad SMARTS) is 2. The first-order chi connectivity index (χ1) is 23.8. The molecule has 0 spiro atoms. The van der Waals surface area contributed by atoms with Crippen LogP contribution in [0.3, 0.4) is 0 Å². The second-order valence-electron chi connectivity index (χ2n) is 14.1. The first kappa shape index (κ1) is 36.6. The van der Waals surface area contributed by atoms with E-state index in [-0.39, 0.29) is 48.5 Å². The zero-order valence-electron chi connectivity index (χ0n) is 29.1. The van der Waals surface area contributed by atoms with Crippen molar-refractivity contribution in [2.45, 2.75) is 90.3 Å². The van der Waals surface area contributed by atoms with Crippen LogP contribution in [0.5, 0.6) is 11.5 Å². The summed E-state index contributed by atoms with van der Waals surface area (Å²) in [6.07, 6.45) is 4.24. The number of benzene rings is 4. The van der Waals surface area contributed by atoms with Gasteiger partial charge in [0.1, 0.15) is 23.1 Å². The SMILES string of the molecule is CC(C)Oc1ccc(F)c(-c2ccc(C3CC(CC(=O)O)C3)cc2)c1.CC(C)Oc1ccc(F)c(-c2ccc(C3CC(CC(=O)O)C3)cc2)c1. The molecular weight excluding hydrogens is 638 g/mol. The van der Waals surface area contributed by atoms with Crippen molar-refractivity contribution >= 4 is 11.9 Å². The van der Waals surface area contributed by atoms with E-state index in [2.05, 4.69) is 0 Å². The van der Waals surface area contributed by atoms with Gasteiger partial charge in [-0.05, 0) is 136 Å². The molecule has 2 saturated carbocycles. The molecule has 0 bridgehead atoms. The van der Waals surface area contributed by atoms with E-state index in [9.17, 15) is 18.4 Å². The van der Waals surface area contributed by atoms with Gasteiger partial charge in [-0.3, -0.25) is 9.59 Å². The zero-order chi connectivity index (χ0) is 35.9. The molecule has 0 aromatic heterocycles. The van der Waals surface area contributed by atoms with E-state index in [0.717, 1.165) is 36.8 Å². The van der Waals surface area contributed by atoms with Crippen molar-refractivity contribution in [3.8, 4) is 33.8 Å². The highest BCUT2D eigenvalue weighted by molar-refractivity contribution is 5.69. The Labute approximate surface area is 293 Å². The third kappa shape index (κ3) is 9.71. The van der Waals surface area contributed by atoms with Gasteiger partial charge in [-0.25, -0.2) is 8.78 Å². The second kappa shape index (κ2) is 16.3. The van der Waals surface area contributed by atoms with E-state index in [0.29, 0.717) is 34.5 Å². The molecule has 0 unspecified atom stereocenters. The minimum absolute atomic E-state index is 0.0399. The highest BCUT2D eigenvalue weighted by Gasteiger charge is 2.32. The van der Waals surface area contributed by atoms with Crippen LogP contribution < -0.4 is 9.47 Å². The molecule has 0 amide bonds. The number of rotatable bonds is 12. The van der Waals surface area contributed by atoms with Crippen LogP contribution in [0.1, 0.15) is 89.2 Å². The van der Waals surface area contributed by atoms with E-state index in [1.165, 1.54) is 23.3 Å². The number of carbonyl (C=O) groups is 2. The average Bonchev–Trinajstić information content (AvgIpc) is 3.02. The smallest absolute Gasteiger partial charge is 0.303 e. The summed E-state index contributed by atoms with van der Waals surface area (Å²) < 4.78 is 39.7. The van der Waals surface area contributed by atoms with Gasteiger partial charge < -0.3 is 19.7 Å². The number of halogens is 2. The van der Waals surface area contributed by atoms with Crippen LogP contribution in [0, 0.1) is 23.5 Å². The maximum Gasteiger partial charge on any atom is 0.303 e. The molecule has 50 heavy (non-hydrogen) atoms. The number of hydrogen-bond donors (Lipinski definition) is 2. The van der Waals surface area contributed by atoms with E-state index in [1.807, 2.05) is 76.2 Å². The largest absolute Gasteiger partial charge is 0.491 e. The molecule has 0 saturated heterocycles. The fraction of sp³-hybridized carbons (Fsp3) is 0.381. The third-order valence-corrected chi connectivity index (χ3v) is 9.40.